The zero-order valence-corrected chi connectivity index (χ0v) is 15.1. The van der Waals surface area contributed by atoms with Gasteiger partial charge in [0.05, 0.1) is 11.7 Å². The molecule has 2 heterocycles. The maximum absolute atomic E-state index is 13.0. The first-order valence-electron chi connectivity index (χ1n) is 8.52. The number of nitrogens with zero attached hydrogens (tertiary/aromatic N) is 2. The number of fused-ring (bicyclic) bond motifs is 1. The summed E-state index contributed by atoms with van der Waals surface area (Å²) in [5.74, 6) is -0.0769. The van der Waals surface area contributed by atoms with Crippen LogP contribution in [0.1, 0.15) is 34.6 Å². The van der Waals surface area contributed by atoms with Crippen molar-refractivity contribution in [1.82, 2.24) is 15.1 Å². The Morgan fingerprint density at radius 3 is 2.54 bits per heavy atom. The number of hydrogen-bond donors (Lipinski definition) is 2. The summed E-state index contributed by atoms with van der Waals surface area (Å²) >= 11 is 6.05. The molecule has 132 valence electrons. The molecule has 3 N–H and O–H groups in total. The standard InChI is InChI=1S/C20H19ClN4O/c1-12(22)11-25-19(14-7-9-15(21)10-8-14)16-17(13-5-3-2-4-6-13)23-24-18(16)20(25)26/h2-10,12,19H,11,22H2,1H3,(H,23,24). The van der Waals surface area contributed by atoms with Crippen LogP contribution in [0, 0.1) is 0 Å². The van der Waals surface area contributed by atoms with Crippen molar-refractivity contribution in [1.29, 1.82) is 0 Å². The van der Waals surface area contributed by atoms with Crippen molar-refractivity contribution >= 4 is 17.5 Å². The summed E-state index contributed by atoms with van der Waals surface area (Å²) in [6, 6.07) is 17.1. The lowest BCUT2D eigenvalue weighted by Gasteiger charge is -2.27. The number of halogens is 1. The third-order valence-electron chi connectivity index (χ3n) is 4.58. The van der Waals surface area contributed by atoms with Gasteiger partial charge in [0.2, 0.25) is 0 Å². The molecule has 2 aromatic carbocycles. The molecule has 1 aliphatic heterocycles. The van der Waals surface area contributed by atoms with E-state index in [1.165, 1.54) is 0 Å². The van der Waals surface area contributed by atoms with Gasteiger partial charge in [0.25, 0.3) is 5.91 Å². The first-order valence-corrected chi connectivity index (χ1v) is 8.89. The predicted molar refractivity (Wildman–Crippen MR) is 102 cm³/mol. The molecule has 3 aromatic rings. The van der Waals surface area contributed by atoms with Crippen LogP contribution in [0.5, 0.6) is 0 Å². The van der Waals surface area contributed by atoms with Crippen molar-refractivity contribution in [2.75, 3.05) is 6.54 Å². The second-order valence-corrected chi connectivity index (χ2v) is 7.05. The van der Waals surface area contributed by atoms with E-state index in [1.807, 2.05) is 66.4 Å². The quantitative estimate of drug-likeness (QED) is 0.740. The van der Waals surface area contributed by atoms with Crippen molar-refractivity contribution in [3.05, 3.63) is 76.4 Å². The molecular weight excluding hydrogens is 348 g/mol. The van der Waals surface area contributed by atoms with Gasteiger partial charge in [0, 0.05) is 28.7 Å². The molecule has 0 spiro atoms. The summed E-state index contributed by atoms with van der Waals surface area (Å²) in [6.07, 6.45) is 0. The van der Waals surface area contributed by atoms with E-state index >= 15 is 0 Å². The molecule has 1 amide bonds. The maximum Gasteiger partial charge on any atom is 0.273 e. The molecule has 26 heavy (non-hydrogen) atoms. The van der Waals surface area contributed by atoms with E-state index in [2.05, 4.69) is 10.2 Å². The highest BCUT2D eigenvalue weighted by molar-refractivity contribution is 6.30. The fraction of sp³-hybridized carbons (Fsp3) is 0.200. The Bertz CT molecular complexity index is 934. The average molecular weight is 367 g/mol. The van der Waals surface area contributed by atoms with Crippen LogP contribution in [0.4, 0.5) is 0 Å². The molecule has 2 unspecified atom stereocenters. The van der Waals surface area contributed by atoms with Crippen LogP contribution in [0.15, 0.2) is 54.6 Å². The Morgan fingerprint density at radius 2 is 1.88 bits per heavy atom. The average Bonchev–Trinajstić information content (AvgIpc) is 3.17. The van der Waals surface area contributed by atoms with Crippen molar-refractivity contribution < 1.29 is 4.79 Å². The number of carbonyl (C=O) groups is 1. The minimum Gasteiger partial charge on any atom is -0.326 e. The number of rotatable bonds is 4. The van der Waals surface area contributed by atoms with Gasteiger partial charge in [-0.15, -0.1) is 0 Å². The lowest BCUT2D eigenvalue weighted by molar-refractivity contribution is 0.0735. The fourth-order valence-electron chi connectivity index (χ4n) is 3.50. The van der Waals surface area contributed by atoms with Gasteiger partial charge in [-0.25, -0.2) is 0 Å². The highest BCUT2D eigenvalue weighted by Gasteiger charge is 2.42. The van der Waals surface area contributed by atoms with Crippen molar-refractivity contribution in [3.8, 4) is 11.3 Å². The molecule has 1 aliphatic rings. The van der Waals surface area contributed by atoms with Crippen LogP contribution in [0.25, 0.3) is 11.3 Å². The van der Waals surface area contributed by atoms with Gasteiger partial charge < -0.3 is 10.6 Å². The smallest absolute Gasteiger partial charge is 0.273 e. The van der Waals surface area contributed by atoms with Crippen LogP contribution >= 0.6 is 11.6 Å². The fourth-order valence-corrected chi connectivity index (χ4v) is 3.63. The highest BCUT2D eigenvalue weighted by atomic mass is 35.5. The topological polar surface area (TPSA) is 75.0 Å². The number of aromatic nitrogens is 2. The van der Waals surface area contributed by atoms with Crippen LogP contribution in [0.3, 0.4) is 0 Å². The third-order valence-corrected chi connectivity index (χ3v) is 4.83. The van der Waals surface area contributed by atoms with E-state index in [1.54, 1.807) is 0 Å². The van der Waals surface area contributed by atoms with Gasteiger partial charge in [-0.3, -0.25) is 9.89 Å². The van der Waals surface area contributed by atoms with Crippen molar-refractivity contribution in [2.45, 2.75) is 19.0 Å². The largest absolute Gasteiger partial charge is 0.326 e. The Morgan fingerprint density at radius 1 is 1.19 bits per heavy atom. The van der Waals surface area contributed by atoms with E-state index in [9.17, 15) is 4.79 Å². The van der Waals surface area contributed by atoms with Gasteiger partial charge in [-0.2, -0.15) is 5.10 Å². The Balaban J connectivity index is 1.88. The van der Waals surface area contributed by atoms with E-state index < -0.39 is 0 Å². The number of H-pyrrole nitrogens is 1. The maximum atomic E-state index is 13.0. The molecule has 0 fully saturated rings. The summed E-state index contributed by atoms with van der Waals surface area (Å²) in [7, 11) is 0. The molecule has 5 nitrogen and oxygen atoms in total. The lowest BCUT2D eigenvalue weighted by Crippen LogP contribution is -2.38. The summed E-state index contributed by atoms with van der Waals surface area (Å²) in [4.78, 5) is 14.8. The van der Waals surface area contributed by atoms with Crippen molar-refractivity contribution in [2.24, 2.45) is 5.73 Å². The number of aromatic amines is 1. The zero-order valence-electron chi connectivity index (χ0n) is 14.3. The molecule has 0 saturated heterocycles. The molecule has 1 aromatic heterocycles. The Hall–Kier alpha value is -2.63. The van der Waals surface area contributed by atoms with Crippen LogP contribution in [-0.4, -0.2) is 33.6 Å². The van der Waals surface area contributed by atoms with Crippen LogP contribution in [0.2, 0.25) is 5.02 Å². The van der Waals surface area contributed by atoms with Crippen molar-refractivity contribution in [3.63, 3.8) is 0 Å². The minimum atomic E-state index is -0.241. The number of amides is 1. The first-order chi connectivity index (χ1) is 12.6. The van der Waals surface area contributed by atoms with Gasteiger partial charge in [-0.05, 0) is 24.6 Å². The van der Waals surface area contributed by atoms with Gasteiger partial charge in [-0.1, -0.05) is 54.1 Å². The molecule has 0 saturated carbocycles. The van der Waals surface area contributed by atoms with E-state index in [4.69, 9.17) is 17.3 Å². The van der Waals surface area contributed by atoms with Gasteiger partial charge in [0.15, 0.2) is 0 Å². The SMILES string of the molecule is CC(N)CN1C(=O)c2[nH]nc(-c3ccccc3)c2C1c1ccc(Cl)cc1. The summed E-state index contributed by atoms with van der Waals surface area (Å²) in [5, 5.41) is 8.04. The molecule has 0 aliphatic carbocycles. The predicted octanol–water partition coefficient (Wildman–Crippen LogP) is 3.62. The monoisotopic (exact) mass is 366 g/mol. The molecule has 0 radical (unpaired) electrons. The van der Waals surface area contributed by atoms with E-state index in [0.717, 1.165) is 22.4 Å². The lowest BCUT2D eigenvalue weighted by atomic mass is 9.96. The molecule has 2 atom stereocenters. The number of nitrogens with one attached hydrogen (secondary N) is 1. The second-order valence-electron chi connectivity index (χ2n) is 6.62. The van der Waals surface area contributed by atoms with Gasteiger partial charge >= 0.3 is 0 Å². The highest BCUT2D eigenvalue weighted by Crippen LogP contribution is 2.42. The Labute approximate surface area is 156 Å². The summed E-state index contributed by atoms with van der Waals surface area (Å²) in [5.41, 5.74) is 10.2. The summed E-state index contributed by atoms with van der Waals surface area (Å²) < 4.78 is 0. The van der Waals surface area contributed by atoms with E-state index in [-0.39, 0.29) is 18.0 Å². The van der Waals surface area contributed by atoms with Crippen LogP contribution < -0.4 is 5.73 Å². The molecule has 0 bridgehead atoms. The summed E-state index contributed by atoms with van der Waals surface area (Å²) in [6.45, 7) is 2.36. The zero-order chi connectivity index (χ0) is 18.3. The first kappa shape index (κ1) is 16.8. The molecular formula is C20H19ClN4O. The molecule has 6 heteroatoms. The number of hydrogen-bond acceptors (Lipinski definition) is 3. The minimum absolute atomic E-state index is 0.0769. The van der Waals surface area contributed by atoms with Crippen LogP contribution in [-0.2, 0) is 0 Å². The number of benzene rings is 2. The number of carbonyl (C=O) groups excluding carboxylic acids is 1. The van der Waals surface area contributed by atoms with E-state index in [0.29, 0.717) is 17.3 Å². The third kappa shape index (κ3) is 2.79. The Kier molecular flexibility index (Phi) is 4.26. The normalized spacial score (nSPS) is 17.4. The van der Waals surface area contributed by atoms with Gasteiger partial charge in [0.1, 0.15) is 5.69 Å². The second kappa shape index (κ2) is 6.59. The number of nitrogens with two attached hydrogens (primary N) is 1. The molecule has 4 rings (SSSR count).